The summed E-state index contributed by atoms with van der Waals surface area (Å²) in [6, 6.07) is -3.23. The van der Waals surface area contributed by atoms with E-state index in [0.29, 0.717) is 129 Å². The van der Waals surface area contributed by atoms with E-state index < -0.39 is 148 Å². The molecule has 0 spiro atoms. The molecule has 102 heavy (non-hydrogen) atoms. The molecule has 15 atom stereocenters. The molecule has 3 rings (SSSR count). The lowest BCUT2D eigenvalue weighted by atomic mass is 9.77. The molecule has 0 bridgehead atoms. The Morgan fingerprint density at radius 2 is 0.578 bits per heavy atom. The first-order valence-electron chi connectivity index (χ1n) is 35.9. The molecule has 9 amide bonds. The zero-order valence-corrected chi connectivity index (χ0v) is 59.7. The molecular formula is C66H119N9O27. The summed E-state index contributed by atoms with van der Waals surface area (Å²) in [6.45, 7) is 6.97. The minimum absolute atomic E-state index is 0.0268. The van der Waals surface area contributed by atoms with E-state index in [1.54, 1.807) is 0 Å². The third-order valence-electron chi connectivity index (χ3n) is 17.3. The van der Waals surface area contributed by atoms with Crippen LogP contribution in [-0.4, -0.2) is 290 Å². The highest BCUT2D eigenvalue weighted by molar-refractivity contribution is 5.77. The fraction of sp³-hybridized carbons (Fsp3) is 0.864. The van der Waals surface area contributed by atoms with E-state index in [-0.39, 0.29) is 88.5 Å². The predicted octanol–water partition coefficient (Wildman–Crippen LogP) is -2.02. The van der Waals surface area contributed by atoms with Gasteiger partial charge in [0.05, 0.1) is 59.5 Å². The highest BCUT2D eigenvalue weighted by Crippen LogP contribution is 2.35. The standard InChI is InChI=1S/C66H119N9O27/c1-42(79)73-51-57(88)54(85)45(39-76)100-60(51)94-33-15-21-48(82)67-27-9-5-7-11-30-70-63(91)97-36-18-24-66(4,26-20-38-99-65(93)72-32-14-13-29-69-50(84)23-17-35-96-62-53(75-44(3)81)59(90)56(87)47(41-78)102-62)25-19-37-98-64(92)71-31-12-8-6-10-28-68-49(83)22-16-34-95-61-52(74-43(2)80)58(89)55(86)46(40-77)101-61/h45-47,51-62,76-78,85-90H,5-41H2,1-4H3,(H,67,82)(H,68,83)(H,69,84)(H,70,91)(H,71,92)(H,72,93)(H,73,79)(H,74,80)(H,75,81). The van der Waals surface area contributed by atoms with Gasteiger partial charge in [-0.25, -0.2) is 14.4 Å². The number of rotatable bonds is 52. The Kier molecular flexibility index (Phi) is 46.1. The van der Waals surface area contributed by atoms with Gasteiger partial charge in [0.15, 0.2) is 18.9 Å². The van der Waals surface area contributed by atoms with Crippen LogP contribution < -0.4 is 47.9 Å². The molecule has 18 N–H and O–H groups in total. The molecule has 3 fully saturated rings. The number of aliphatic hydroxyl groups is 9. The molecule has 15 unspecified atom stereocenters. The van der Waals surface area contributed by atoms with Crippen molar-refractivity contribution in [3.05, 3.63) is 0 Å². The van der Waals surface area contributed by atoms with Crippen molar-refractivity contribution in [2.45, 2.75) is 261 Å². The molecule has 3 aliphatic rings. The van der Waals surface area contributed by atoms with Crippen LogP contribution in [0.25, 0.3) is 0 Å². The average Bonchev–Trinajstić information content (AvgIpc) is 0.824. The van der Waals surface area contributed by atoms with E-state index in [2.05, 4.69) is 54.8 Å². The van der Waals surface area contributed by atoms with Gasteiger partial charge in [0.2, 0.25) is 35.4 Å². The lowest BCUT2D eigenvalue weighted by Crippen LogP contribution is -2.64. The third-order valence-corrected chi connectivity index (χ3v) is 17.3. The monoisotopic (exact) mass is 1470 g/mol. The van der Waals surface area contributed by atoms with Gasteiger partial charge >= 0.3 is 18.3 Å². The van der Waals surface area contributed by atoms with Gasteiger partial charge in [0, 0.05) is 79.3 Å². The summed E-state index contributed by atoms with van der Waals surface area (Å²) in [5.74, 6) is -2.06. The number of carbonyl (C=O) groups is 9. The van der Waals surface area contributed by atoms with Crippen LogP contribution in [0.1, 0.15) is 169 Å². The first kappa shape index (κ1) is 90.2. The molecular weight excluding hydrogens is 1350 g/mol. The number of amides is 9. The first-order valence-corrected chi connectivity index (χ1v) is 35.9. The fourth-order valence-corrected chi connectivity index (χ4v) is 11.6. The molecule has 36 nitrogen and oxygen atoms in total. The second kappa shape index (κ2) is 52.1. The topological polar surface area (TPSA) is 527 Å². The quantitative estimate of drug-likeness (QED) is 0.0231. The number of ether oxygens (including phenoxy) is 9. The summed E-state index contributed by atoms with van der Waals surface area (Å²) >= 11 is 0. The van der Waals surface area contributed by atoms with E-state index in [1.165, 1.54) is 20.8 Å². The van der Waals surface area contributed by atoms with Crippen molar-refractivity contribution >= 4 is 53.7 Å². The zero-order chi connectivity index (χ0) is 75.2. The molecule has 0 radical (unpaired) electrons. The van der Waals surface area contributed by atoms with Crippen LogP contribution in [0.2, 0.25) is 0 Å². The van der Waals surface area contributed by atoms with Crippen LogP contribution in [0.5, 0.6) is 0 Å². The normalized spacial score (nSPS) is 25.3. The van der Waals surface area contributed by atoms with Crippen molar-refractivity contribution in [2.24, 2.45) is 5.41 Å². The highest BCUT2D eigenvalue weighted by Gasteiger charge is 2.48. The van der Waals surface area contributed by atoms with E-state index in [4.69, 9.17) is 42.6 Å². The average molecular weight is 1470 g/mol. The van der Waals surface area contributed by atoms with Gasteiger partial charge in [-0.3, -0.25) is 28.8 Å². The molecule has 0 aliphatic carbocycles. The molecule has 3 aliphatic heterocycles. The maximum absolute atomic E-state index is 12.6. The van der Waals surface area contributed by atoms with Crippen LogP contribution in [0, 0.1) is 5.41 Å². The van der Waals surface area contributed by atoms with E-state index >= 15 is 0 Å². The smallest absolute Gasteiger partial charge is 0.407 e. The van der Waals surface area contributed by atoms with E-state index in [0.717, 1.165) is 25.7 Å². The van der Waals surface area contributed by atoms with Gasteiger partial charge in [-0.2, -0.15) is 0 Å². The number of hydrogen-bond acceptors (Lipinski definition) is 27. The third kappa shape index (κ3) is 37.1. The lowest BCUT2D eigenvalue weighted by Gasteiger charge is -2.42. The van der Waals surface area contributed by atoms with Gasteiger partial charge in [-0.05, 0) is 102 Å². The van der Waals surface area contributed by atoms with Crippen molar-refractivity contribution in [1.29, 1.82) is 0 Å². The minimum Gasteiger partial charge on any atom is -0.450 e. The van der Waals surface area contributed by atoms with Crippen molar-refractivity contribution in [3.8, 4) is 0 Å². The van der Waals surface area contributed by atoms with Gasteiger partial charge in [0.1, 0.15) is 73.1 Å². The number of aliphatic hydroxyl groups excluding tert-OH is 9. The molecule has 0 saturated carbocycles. The maximum atomic E-state index is 12.6. The second-order valence-electron chi connectivity index (χ2n) is 26.1. The molecule has 36 heteroatoms. The Labute approximate surface area is 596 Å². The molecule has 3 heterocycles. The number of carbonyl (C=O) groups excluding carboxylic acids is 9. The summed E-state index contributed by atoms with van der Waals surface area (Å²) in [7, 11) is 0. The SMILES string of the molecule is CC(=O)NC1C(OCCCC(=O)NCCCCCCNC(=O)OCCCC(C)(CCCOC(=O)NCCCCCCNC(=O)CCCOC2OC(CO)C(O)C(O)C2NC(C)=O)CCCOC(=O)NCCCCNC(=O)CCCOC2OC(CO)C(O)C(O)C2NC(C)=O)OC(CO)C(O)C1O. The summed E-state index contributed by atoms with van der Waals surface area (Å²) in [4.78, 5) is 110. The lowest BCUT2D eigenvalue weighted by molar-refractivity contribution is -0.270. The van der Waals surface area contributed by atoms with Gasteiger partial charge in [0.25, 0.3) is 0 Å². The molecule has 0 aromatic heterocycles. The minimum atomic E-state index is -1.45. The summed E-state index contributed by atoms with van der Waals surface area (Å²) in [5, 5.41) is 115. The molecule has 0 aromatic rings. The van der Waals surface area contributed by atoms with Crippen LogP contribution in [0.4, 0.5) is 14.4 Å². The van der Waals surface area contributed by atoms with Gasteiger partial charge < -0.3 is 136 Å². The Balaban J connectivity index is 1.31. The Morgan fingerprint density at radius 3 is 0.824 bits per heavy atom. The van der Waals surface area contributed by atoms with Crippen LogP contribution in [-0.2, 0) is 71.4 Å². The van der Waals surface area contributed by atoms with Crippen LogP contribution in [0.3, 0.4) is 0 Å². The fourth-order valence-electron chi connectivity index (χ4n) is 11.6. The van der Waals surface area contributed by atoms with Crippen LogP contribution in [0.15, 0.2) is 0 Å². The van der Waals surface area contributed by atoms with Crippen molar-refractivity contribution in [2.75, 3.05) is 98.7 Å². The Hall–Kier alpha value is -5.97. The van der Waals surface area contributed by atoms with E-state index in [9.17, 15) is 89.1 Å². The van der Waals surface area contributed by atoms with Crippen molar-refractivity contribution in [3.63, 3.8) is 0 Å². The van der Waals surface area contributed by atoms with Crippen LogP contribution >= 0.6 is 0 Å². The zero-order valence-electron chi connectivity index (χ0n) is 59.7. The van der Waals surface area contributed by atoms with Crippen molar-refractivity contribution in [1.82, 2.24) is 47.9 Å². The molecule has 3 saturated heterocycles. The predicted molar refractivity (Wildman–Crippen MR) is 361 cm³/mol. The van der Waals surface area contributed by atoms with Crippen molar-refractivity contribution < 1.29 is 132 Å². The first-order chi connectivity index (χ1) is 48.8. The van der Waals surface area contributed by atoms with E-state index in [1.807, 2.05) is 0 Å². The second-order valence-corrected chi connectivity index (χ2v) is 26.1. The number of alkyl carbamates (subject to hydrolysis) is 3. The molecule has 0 aromatic carbocycles. The highest BCUT2D eigenvalue weighted by atomic mass is 16.7. The largest absolute Gasteiger partial charge is 0.450 e. The number of hydrogen-bond donors (Lipinski definition) is 18. The number of nitrogens with one attached hydrogen (secondary N) is 9. The summed E-state index contributed by atoms with van der Waals surface area (Å²) < 4.78 is 50.0. The van der Waals surface area contributed by atoms with Gasteiger partial charge in [-0.15, -0.1) is 0 Å². The Bertz CT molecular complexity index is 2320. The summed E-state index contributed by atoms with van der Waals surface area (Å²) in [6.07, 6.45) is -5.20. The Morgan fingerprint density at radius 1 is 0.333 bits per heavy atom. The number of unbranched alkanes of at least 4 members (excludes halogenated alkanes) is 7. The molecule has 590 valence electrons. The van der Waals surface area contributed by atoms with Gasteiger partial charge in [-0.1, -0.05) is 32.6 Å². The maximum Gasteiger partial charge on any atom is 0.407 e. The summed E-state index contributed by atoms with van der Waals surface area (Å²) in [5.41, 5.74) is -0.309.